The van der Waals surface area contributed by atoms with Gasteiger partial charge in [-0.15, -0.1) is 11.3 Å². The van der Waals surface area contributed by atoms with Crippen molar-refractivity contribution in [3.8, 4) is 0 Å². The molecule has 1 fully saturated rings. The molecule has 1 aliphatic rings. The van der Waals surface area contributed by atoms with Crippen LogP contribution in [0, 0.1) is 0 Å². The molecule has 122 valence electrons. The van der Waals surface area contributed by atoms with Crippen molar-refractivity contribution in [1.29, 1.82) is 0 Å². The van der Waals surface area contributed by atoms with E-state index in [4.69, 9.17) is 5.11 Å². The van der Waals surface area contributed by atoms with Gasteiger partial charge >= 0.3 is 5.97 Å². The van der Waals surface area contributed by atoms with Gasteiger partial charge in [-0.1, -0.05) is 33.6 Å². The van der Waals surface area contributed by atoms with Crippen molar-refractivity contribution >= 4 is 23.2 Å². The zero-order valence-electron chi connectivity index (χ0n) is 13.4. The Kier molecular flexibility index (Phi) is 4.90. The first-order chi connectivity index (χ1) is 10.2. The third kappa shape index (κ3) is 4.29. The van der Waals surface area contributed by atoms with Gasteiger partial charge in [-0.3, -0.25) is 9.59 Å². The Hall–Kier alpha value is -1.43. The van der Waals surface area contributed by atoms with Crippen LogP contribution in [0.2, 0.25) is 0 Å². The number of carboxylic acids is 1. The van der Waals surface area contributed by atoms with Gasteiger partial charge in [-0.05, 0) is 12.8 Å². The second-order valence-electron chi connectivity index (χ2n) is 7.18. The molecular formula is C16H24N2O3S. The van der Waals surface area contributed by atoms with E-state index in [1.165, 1.54) is 0 Å². The first-order valence-corrected chi connectivity index (χ1v) is 8.56. The molecule has 1 amide bonds. The molecule has 0 aliphatic heterocycles. The first kappa shape index (κ1) is 16.9. The van der Waals surface area contributed by atoms with E-state index < -0.39 is 11.5 Å². The summed E-state index contributed by atoms with van der Waals surface area (Å²) in [4.78, 5) is 27.8. The summed E-state index contributed by atoms with van der Waals surface area (Å²) >= 11 is 1.57. The highest BCUT2D eigenvalue weighted by molar-refractivity contribution is 7.09. The van der Waals surface area contributed by atoms with E-state index in [0.717, 1.165) is 36.4 Å². The van der Waals surface area contributed by atoms with E-state index in [9.17, 15) is 9.59 Å². The molecule has 2 N–H and O–H groups in total. The maximum atomic E-state index is 12.3. The highest BCUT2D eigenvalue weighted by atomic mass is 32.1. The van der Waals surface area contributed by atoms with Crippen LogP contribution in [0.4, 0.5) is 0 Å². The summed E-state index contributed by atoms with van der Waals surface area (Å²) in [5.41, 5.74) is 0.178. The number of hydrogen-bond donors (Lipinski definition) is 2. The van der Waals surface area contributed by atoms with Crippen LogP contribution >= 0.6 is 11.3 Å². The summed E-state index contributed by atoms with van der Waals surface area (Å²) in [5, 5.41) is 15.0. The predicted octanol–water partition coefficient (Wildman–Crippen LogP) is 2.89. The van der Waals surface area contributed by atoms with Crippen molar-refractivity contribution in [2.75, 3.05) is 0 Å². The molecule has 0 unspecified atom stereocenters. The average molecular weight is 324 g/mol. The van der Waals surface area contributed by atoms with Gasteiger partial charge in [0.1, 0.15) is 0 Å². The minimum absolute atomic E-state index is 0.00302. The fourth-order valence-corrected chi connectivity index (χ4v) is 3.83. The van der Waals surface area contributed by atoms with Crippen molar-refractivity contribution in [1.82, 2.24) is 10.3 Å². The Morgan fingerprint density at radius 1 is 1.36 bits per heavy atom. The van der Waals surface area contributed by atoms with Gasteiger partial charge < -0.3 is 10.4 Å². The molecular weight excluding hydrogens is 300 g/mol. The van der Waals surface area contributed by atoms with Crippen LogP contribution in [0.3, 0.4) is 0 Å². The molecule has 1 aliphatic carbocycles. The number of aromatic nitrogens is 1. The van der Waals surface area contributed by atoms with Gasteiger partial charge in [0.05, 0.1) is 29.1 Å². The number of nitrogens with zero attached hydrogens (tertiary/aromatic N) is 1. The number of hydrogen-bond acceptors (Lipinski definition) is 4. The summed E-state index contributed by atoms with van der Waals surface area (Å²) in [7, 11) is 0. The molecule has 0 spiro atoms. The highest BCUT2D eigenvalue weighted by Crippen LogP contribution is 2.33. The lowest BCUT2D eigenvalue weighted by Crippen LogP contribution is -2.48. The Morgan fingerprint density at radius 3 is 2.50 bits per heavy atom. The molecule has 0 saturated heterocycles. The molecule has 0 aromatic carbocycles. The summed E-state index contributed by atoms with van der Waals surface area (Å²) in [6.07, 6.45) is 3.65. The van der Waals surface area contributed by atoms with E-state index in [2.05, 4.69) is 31.1 Å². The van der Waals surface area contributed by atoms with Crippen LogP contribution < -0.4 is 5.32 Å². The molecule has 1 aromatic rings. The number of carboxylic acid groups (broad SMARTS) is 1. The largest absolute Gasteiger partial charge is 0.481 e. The highest BCUT2D eigenvalue weighted by Gasteiger charge is 2.37. The normalized spacial score (nSPS) is 17.4. The lowest BCUT2D eigenvalue weighted by molar-refractivity contribution is -0.139. The standard InChI is InChI=1S/C16H24N2O3S/c1-15(2,3)14-17-11(10-22-14)8-12(19)18-16(9-13(20)21)6-4-5-7-16/h10H,4-9H2,1-3H3,(H,18,19)(H,20,21). The fraction of sp³-hybridized carbons (Fsp3) is 0.688. The quantitative estimate of drug-likeness (QED) is 0.873. The van der Waals surface area contributed by atoms with Gasteiger partial charge in [0.25, 0.3) is 0 Å². The summed E-state index contributed by atoms with van der Waals surface area (Å²) in [5.74, 6) is -0.986. The van der Waals surface area contributed by atoms with Crippen molar-refractivity contribution in [2.45, 2.75) is 70.3 Å². The van der Waals surface area contributed by atoms with Crippen LogP contribution in [0.15, 0.2) is 5.38 Å². The number of aliphatic carboxylic acids is 1. The molecule has 0 bridgehead atoms. The Labute approximate surface area is 135 Å². The molecule has 6 heteroatoms. The lowest BCUT2D eigenvalue weighted by atomic mass is 9.93. The SMILES string of the molecule is CC(C)(C)c1nc(CC(=O)NC2(CC(=O)O)CCCC2)cs1. The average Bonchev–Trinajstić information content (AvgIpc) is 2.97. The minimum atomic E-state index is -0.856. The predicted molar refractivity (Wildman–Crippen MR) is 86.1 cm³/mol. The zero-order chi connectivity index (χ0) is 16.4. The Bertz CT molecular complexity index is 554. The monoisotopic (exact) mass is 324 g/mol. The van der Waals surface area contributed by atoms with Gasteiger partial charge in [0.15, 0.2) is 0 Å². The van der Waals surface area contributed by atoms with Crippen molar-refractivity contribution in [3.05, 3.63) is 16.1 Å². The molecule has 5 nitrogen and oxygen atoms in total. The molecule has 2 rings (SSSR count). The van der Waals surface area contributed by atoms with Crippen LogP contribution in [0.1, 0.15) is 63.6 Å². The molecule has 0 radical (unpaired) electrons. The maximum absolute atomic E-state index is 12.3. The summed E-state index contributed by atoms with van der Waals surface area (Å²) in [6.45, 7) is 6.28. The van der Waals surface area contributed by atoms with Gasteiger partial charge in [0, 0.05) is 10.8 Å². The number of carbonyl (C=O) groups is 2. The number of amides is 1. The number of thiazole rings is 1. The van der Waals surface area contributed by atoms with E-state index in [1.54, 1.807) is 11.3 Å². The Morgan fingerprint density at radius 2 is 2.00 bits per heavy atom. The fourth-order valence-electron chi connectivity index (χ4n) is 2.92. The number of carbonyl (C=O) groups excluding carboxylic acids is 1. The molecule has 1 heterocycles. The summed E-state index contributed by atoms with van der Waals surface area (Å²) in [6, 6.07) is 0. The topological polar surface area (TPSA) is 79.3 Å². The molecule has 22 heavy (non-hydrogen) atoms. The zero-order valence-corrected chi connectivity index (χ0v) is 14.3. The molecule has 1 saturated carbocycles. The number of rotatable bonds is 5. The van der Waals surface area contributed by atoms with Crippen LogP contribution in [-0.4, -0.2) is 27.5 Å². The third-order valence-corrected chi connectivity index (χ3v) is 5.31. The minimum Gasteiger partial charge on any atom is -0.481 e. The van der Waals surface area contributed by atoms with Gasteiger partial charge in [0.2, 0.25) is 5.91 Å². The van der Waals surface area contributed by atoms with Gasteiger partial charge in [-0.25, -0.2) is 4.98 Å². The summed E-state index contributed by atoms with van der Waals surface area (Å²) < 4.78 is 0. The van der Waals surface area contributed by atoms with Crippen LogP contribution in [0.5, 0.6) is 0 Å². The van der Waals surface area contributed by atoms with Crippen molar-refractivity contribution in [3.63, 3.8) is 0 Å². The lowest BCUT2D eigenvalue weighted by Gasteiger charge is -2.28. The van der Waals surface area contributed by atoms with E-state index in [1.807, 2.05) is 5.38 Å². The van der Waals surface area contributed by atoms with E-state index >= 15 is 0 Å². The molecule has 1 aromatic heterocycles. The van der Waals surface area contributed by atoms with Crippen LogP contribution in [-0.2, 0) is 21.4 Å². The van der Waals surface area contributed by atoms with Crippen LogP contribution in [0.25, 0.3) is 0 Å². The third-order valence-electron chi connectivity index (χ3n) is 3.99. The van der Waals surface area contributed by atoms with Gasteiger partial charge in [-0.2, -0.15) is 0 Å². The first-order valence-electron chi connectivity index (χ1n) is 7.68. The van der Waals surface area contributed by atoms with Crippen molar-refractivity contribution < 1.29 is 14.7 Å². The maximum Gasteiger partial charge on any atom is 0.305 e. The molecule has 0 atom stereocenters. The van der Waals surface area contributed by atoms with E-state index in [-0.39, 0.29) is 24.2 Å². The van der Waals surface area contributed by atoms with Crippen molar-refractivity contribution in [2.24, 2.45) is 0 Å². The smallest absolute Gasteiger partial charge is 0.305 e. The van der Waals surface area contributed by atoms with E-state index in [0.29, 0.717) is 0 Å². The Balaban J connectivity index is 1.99. The number of nitrogens with one attached hydrogen (secondary N) is 1. The second-order valence-corrected chi connectivity index (χ2v) is 8.04. The second kappa shape index (κ2) is 6.36.